The summed E-state index contributed by atoms with van der Waals surface area (Å²) < 4.78 is 1.77. The van der Waals surface area contributed by atoms with E-state index in [9.17, 15) is 0 Å². The number of pyridine rings is 1. The Morgan fingerprint density at radius 3 is 2.43 bits per heavy atom. The van der Waals surface area contributed by atoms with E-state index in [1.807, 2.05) is 13.0 Å². The molecule has 0 atom stereocenters. The van der Waals surface area contributed by atoms with E-state index in [1.54, 1.807) is 34.9 Å². The van der Waals surface area contributed by atoms with Crippen molar-refractivity contribution in [1.29, 1.82) is 0 Å². The summed E-state index contributed by atoms with van der Waals surface area (Å²) in [4.78, 5) is 4.40. The van der Waals surface area contributed by atoms with Gasteiger partial charge in [0, 0.05) is 6.20 Å². The molecule has 3 aromatic rings. The molecule has 21 heavy (non-hydrogen) atoms. The predicted molar refractivity (Wildman–Crippen MR) is 85.6 cm³/mol. The Kier molecular flexibility index (Phi) is 3.85. The van der Waals surface area contributed by atoms with E-state index >= 15 is 0 Å². The molecule has 0 N–H and O–H groups in total. The quantitative estimate of drug-likeness (QED) is 0.526. The summed E-state index contributed by atoms with van der Waals surface area (Å²) in [6, 6.07) is 8.76. The van der Waals surface area contributed by atoms with Gasteiger partial charge < -0.3 is 0 Å². The second-order valence-corrected chi connectivity index (χ2v) is 5.62. The van der Waals surface area contributed by atoms with Crippen molar-refractivity contribution in [2.24, 2.45) is 10.2 Å². The first-order valence-corrected chi connectivity index (χ1v) is 7.19. The summed E-state index contributed by atoms with van der Waals surface area (Å²) in [5.74, 6) is 0.587. The van der Waals surface area contributed by atoms with Gasteiger partial charge in [0.15, 0.2) is 5.82 Å². The second-order valence-electron chi connectivity index (χ2n) is 4.37. The number of imidazole rings is 1. The highest BCUT2D eigenvalue weighted by atomic mass is 35.5. The molecule has 7 heteroatoms. The van der Waals surface area contributed by atoms with Gasteiger partial charge in [0.1, 0.15) is 11.3 Å². The van der Waals surface area contributed by atoms with Crippen molar-refractivity contribution < 1.29 is 0 Å². The monoisotopic (exact) mass is 338 g/mol. The topological polar surface area (TPSA) is 42.0 Å². The summed E-state index contributed by atoms with van der Waals surface area (Å²) in [7, 11) is 0. The Labute approximate surface area is 136 Å². The van der Waals surface area contributed by atoms with Crippen molar-refractivity contribution in [1.82, 2.24) is 9.38 Å². The average molecular weight is 340 g/mol. The summed E-state index contributed by atoms with van der Waals surface area (Å²) >= 11 is 18.1. The van der Waals surface area contributed by atoms with Gasteiger partial charge in [-0.25, -0.2) is 4.98 Å². The van der Waals surface area contributed by atoms with Crippen molar-refractivity contribution in [3.63, 3.8) is 0 Å². The number of halogens is 3. The third-order valence-corrected chi connectivity index (χ3v) is 3.74. The molecule has 0 aliphatic heterocycles. The highest BCUT2D eigenvalue weighted by molar-refractivity contribution is 6.38. The molecule has 0 fully saturated rings. The molecule has 0 aliphatic carbocycles. The summed E-state index contributed by atoms with van der Waals surface area (Å²) in [6.07, 6.45) is 1.74. The number of rotatable bonds is 2. The molecule has 2 aromatic heterocycles. The maximum absolute atomic E-state index is 6.07. The molecule has 0 aliphatic rings. The number of fused-ring (bicyclic) bond motifs is 1. The van der Waals surface area contributed by atoms with Crippen LogP contribution in [-0.2, 0) is 0 Å². The molecule has 0 spiro atoms. The Morgan fingerprint density at radius 1 is 1.00 bits per heavy atom. The van der Waals surface area contributed by atoms with E-state index in [2.05, 4.69) is 15.2 Å². The molecule has 0 bridgehead atoms. The van der Waals surface area contributed by atoms with Crippen molar-refractivity contribution in [3.05, 3.63) is 57.3 Å². The maximum atomic E-state index is 6.07. The van der Waals surface area contributed by atoms with Gasteiger partial charge in [-0.15, -0.1) is 10.2 Å². The fourth-order valence-corrected chi connectivity index (χ4v) is 2.56. The highest BCUT2D eigenvalue weighted by Crippen LogP contribution is 2.34. The number of benzene rings is 1. The minimum atomic E-state index is 0.428. The Bertz CT molecular complexity index is 835. The van der Waals surface area contributed by atoms with Gasteiger partial charge in [-0.05, 0) is 31.2 Å². The molecule has 0 radical (unpaired) electrons. The molecule has 0 saturated carbocycles. The lowest BCUT2D eigenvalue weighted by molar-refractivity contribution is 1.09. The molecule has 106 valence electrons. The van der Waals surface area contributed by atoms with Gasteiger partial charge in [0.05, 0.1) is 20.8 Å². The van der Waals surface area contributed by atoms with Crippen LogP contribution in [0.5, 0.6) is 0 Å². The molecular formula is C14H9Cl3N4. The molecule has 0 saturated heterocycles. The molecule has 2 heterocycles. The van der Waals surface area contributed by atoms with E-state index in [0.29, 0.717) is 26.6 Å². The number of nitrogens with zero attached hydrogens (tertiary/aromatic N) is 4. The van der Waals surface area contributed by atoms with Gasteiger partial charge in [-0.1, -0.05) is 40.9 Å². The van der Waals surface area contributed by atoms with Crippen LogP contribution in [0.3, 0.4) is 0 Å². The smallest absolute Gasteiger partial charge is 0.182 e. The van der Waals surface area contributed by atoms with Gasteiger partial charge in [-0.2, -0.15) is 0 Å². The van der Waals surface area contributed by atoms with Crippen LogP contribution in [0.1, 0.15) is 5.69 Å². The first-order valence-electron chi connectivity index (χ1n) is 6.06. The normalized spacial score (nSPS) is 11.6. The SMILES string of the molecule is Cc1nc2ccc(Cl)cn2c1N=Nc1c(Cl)cccc1Cl. The Morgan fingerprint density at radius 2 is 1.71 bits per heavy atom. The number of azo groups is 1. The minimum absolute atomic E-state index is 0.428. The Hall–Kier alpha value is -1.62. The zero-order valence-electron chi connectivity index (χ0n) is 10.9. The first kappa shape index (κ1) is 14.3. The number of hydrogen-bond acceptors (Lipinski definition) is 3. The third-order valence-electron chi connectivity index (χ3n) is 2.91. The third kappa shape index (κ3) is 2.75. The minimum Gasteiger partial charge on any atom is -0.281 e. The van der Waals surface area contributed by atoms with Gasteiger partial charge in [0.2, 0.25) is 0 Å². The zero-order valence-corrected chi connectivity index (χ0v) is 13.2. The van der Waals surface area contributed by atoms with Crippen LogP contribution in [-0.4, -0.2) is 9.38 Å². The standard InChI is InChI=1S/C14H9Cl3N4/c1-8-14(21-7-9(15)5-6-12(21)18-8)20-19-13-10(16)3-2-4-11(13)17/h2-7H,1H3. The first-order chi connectivity index (χ1) is 10.1. The van der Waals surface area contributed by atoms with Crippen LogP contribution < -0.4 is 0 Å². The fraction of sp³-hybridized carbons (Fsp3) is 0.0714. The highest BCUT2D eigenvalue weighted by Gasteiger charge is 2.09. The van der Waals surface area contributed by atoms with E-state index in [4.69, 9.17) is 34.8 Å². The second kappa shape index (κ2) is 5.64. The molecule has 0 amide bonds. The van der Waals surface area contributed by atoms with Crippen molar-refractivity contribution in [2.45, 2.75) is 6.92 Å². The van der Waals surface area contributed by atoms with Gasteiger partial charge >= 0.3 is 0 Å². The lowest BCUT2D eigenvalue weighted by Crippen LogP contribution is -1.82. The van der Waals surface area contributed by atoms with Gasteiger partial charge in [-0.3, -0.25) is 4.40 Å². The predicted octanol–water partition coefficient (Wildman–Crippen LogP) is 6.02. The van der Waals surface area contributed by atoms with Crippen molar-refractivity contribution in [3.8, 4) is 0 Å². The number of hydrogen-bond donors (Lipinski definition) is 0. The van der Waals surface area contributed by atoms with Crippen LogP contribution in [0.2, 0.25) is 15.1 Å². The summed E-state index contributed by atoms with van der Waals surface area (Å²) in [5, 5.41) is 9.84. The number of aryl methyl sites for hydroxylation is 1. The largest absolute Gasteiger partial charge is 0.281 e. The summed E-state index contributed by atoms with van der Waals surface area (Å²) in [5.41, 5.74) is 1.91. The Balaban J connectivity index is 2.11. The zero-order chi connectivity index (χ0) is 15.0. The van der Waals surface area contributed by atoms with E-state index in [1.165, 1.54) is 0 Å². The van der Waals surface area contributed by atoms with Crippen molar-refractivity contribution in [2.75, 3.05) is 0 Å². The molecule has 4 nitrogen and oxygen atoms in total. The molecular weight excluding hydrogens is 331 g/mol. The maximum Gasteiger partial charge on any atom is 0.182 e. The van der Waals surface area contributed by atoms with Crippen molar-refractivity contribution >= 4 is 52.0 Å². The van der Waals surface area contributed by atoms with Crippen LogP contribution in [0.15, 0.2) is 46.8 Å². The van der Waals surface area contributed by atoms with E-state index < -0.39 is 0 Å². The lowest BCUT2D eigenvalue weighted by Gasteiger charge is -2.00. The summed E-state index contributed by atoms with van der Waals surface area (Å²) in [6.45, 7) is 1.85. The van der Waals surface area contributed by atoms with Gasteiger partial charge in [0.25, 0.3) is 0 Å². The fourth-order valence-electron chi connectivity index (χ4n) is 1.93. The van der Waals surface area contributed by atoms with E-state index in [-0.39, 0.29) is 0 Å². The lowest BCUT2D eigenvalue weighted by atomic mass is 10.3. The molecule has 1 aromatic carbocycles. The number of aromatic nitrogens is 2. The average Bonchev–Trinajstić information content (AvgIpc) is 2.74. The van der Waals surface area contributed by atoms with E-state index in [0.717, 1.165) is 11.3 Å². The van der Waals surface area contributed by atoms with Crippen LogP contribution in [0, 0.1) is 6.92 Å². The van der Waals surface area contributed by atoms with Crippen LogP contribution >= 0.6 is 34.8 Å². The van der Waals surface area contributed by atoms with Crippen LogP contribution in [0.4, 0.5) is 11.5 Å². The molecule has 0 unspecified atom stereocenters. The van der Waals surface area contributed by atoms with Crippen LogP contribution in [0.25, 0.3) is 5.65 Å². The molecule has 3 rings (SSSR count).